The largest absolute Gasteiger partial charge is 0.197 e. The van der Waals surface area contributed by atoms with Gasteiger partial charge in [0.05, 0.1) is 6.07 Å². The molecule has 1 aromatic carbocycles. The molecule has 3 heteroatoms. The first-order chi connectivity index (χ1) is 6.03. The predicted molar refractivity (Wildman–Crippen MR) is 58.1 cm³/mol. The van der Waals surface area contributed by atoms with E-state index in [9.17, 15) is 0 Å². The van der Waals surface area contributed by atoms with Crippen molar-refractivity contribution in [3.63, 3.8) is 0 Å². The Morgan fingerprint density at radius 3 is 2.46 bits per heavy atom. The van der Waals surface area contributed by atoms with Crippen LogP contribution in [0.2, 0.25) is 5.02 Å². The van der Waals surface area contributed by atoms with Crippen molar-refractivity contribution in [2.24, 2.45) is 0 Å². The summed E-state index contributed by atoms with van der Waals surface area (Å²) in [6.45, 7) is 1.85. The van der Waals surface area contributed by atoms with Gasteiger partial charge in [0.15, 0.2) is 0 Å². The fourth-order valence-corrected chi connectivity index (χ4v) is 1.47. The zero-order valence-corrected chi connectivity index (χ0v) is 9.56. The van der Waals surface area contributed by atoms with Crippen LogP contribution in [0.3, 0.4) is 0 Å². The van der Waals surface area contributed by atoms with E-state index in [0.717, 1.165) is 10.6 Å². The molecule has 0 aromatic heterocycles. The van der Waals surface area contributed by atoms with Gasteiger partial charge in [-0.25, -0.2) is 0 Å². The molecule has 0 bridgehead atoms. The Labute approximate surface area is 91.5 Å². The molecule has 0 N–H and O–H groups in total. The molecule has 0 saturated heterocycles. The monoisotopic (exact) mass is 257 g/mol. The number of hydrogen-bond donors (Lipinski definition) is 0. The summed E-state index contributed by atoms with van der Waals surface area (Å²) < 4.78 is -0.485. The number of alkyl halides is 1. The molecule has 0 aliphatic rings. The van der Waals surface area contributed by atoms with Crippen LogP contribution in [-0.2, 0) is 6.42 Å². The summed E-state index contributed by atoms with van der Waals surface area (Å²) in [5.74, 6) is 0. The van der Waals surface area contributed by atoms with E-state index in [4.69, 9.17) is 16.9 Å². The third kappa shape index (κ3) is 3.38. The second kappa shape index (κ2) is 4.13. The second-order valence-corrected chi connectivity index (χ2v) is 5.30. The highest BCUT2D eigenvalue weighted by molar-refractivity contribution is 9.10. The summed E-state index contributed by atoms with van der Waals surface area (Å²) in [7, 11) is 0. The van der Waals surface area contributed by atoms with Gasteiger partial charge in [-0.15, -0.1) is 0 Å². The number of nitriles is 1. The molecule has 1 rings (SSSR count). The van der Waals surface area contributed by atoms with Gasteiger partial charge >= 0.3 is 0 Å². The van der Waals surface area contributed by atoms with E-state index >= 15 is 0 Å². The van der Waals surface area contributed by atoms with Crippen LogP contribution in [0.4, 0.5) is 0 Å². The molecule has 1 nitrogen and oxygen atoms in total. The van der Waals surface area contributed by atoms with Gasteiger partial charge in [0, 0.05) is 11.4 Å². The Balaban J connectivity index is 2.77. The smallest absolute Gasteiger partial charge is 0.113 e. The topological polar surface area (TPSA) is 23.8 Å². The minimum atomic E-state index is -0.485. The lowest BCUT2D eigenvalue weighted by atomic mass is 10.0. The van der Waals surface area contributed by atoms with Crippen LogP contribution in [0.1, 0.15) is 12.5 Å². The fourth-order valence-electron chi connectivity index (χ4n) is 1.03. The lowest BCUT2D eigenvalue weighted by Gasteiger charge is -2.12. The summed E-state index contributed by atoms with van der Waals surface area (Å²) in [5.41, 5.74) is 1.10. The van der Waals surface area contributed by atoms with Crippen LogP contribution < -0.4 is 0 Å². The lowest BCUT2D eigenvalue weighted by molar-refractivity contribution is 0.813. The maximum atomic E-state index is 8.79. The van der Waals surface area contributed by atoms with Crippen molar-refractivity contribution >= 4 is 27.5 Å². The standard InChI is InChI=1S/C10H9BrClN/c1-10(11,7-13)6-8-2-4-9(12)5-3-8/h2-5H,6H2,1H3. The minimum absolute atomic E-state index is 0.485. The minimum Gasteiger partial charge on any atom is -0.197 e. The van der Waals surface area contributed by atoms with E-state index in [1.54, 1.807) is 0 Å². The molecule has 0 heterocycles. The van der Waals surface area contributed by atoms with Crippen molar-refractivity contribution in [3.05, 3.63) is 34.9 Å². The Kier molecular flexibility index (Phi) is 3.35. The van der Waals surface area contributed by atoms with Crippen molar-refractivity contribution in [1.29, 1.82) is 5.26 Å². The molecular formula is C10H9BrClN. The average molecular weight is 259 g/mol. The second-order valence-electron chi connectivity index (χ2n) is 3.11. The zero-order chi connectivity index (χ0) is 9.90. The number of benzene rings is 1. The molecule has 1 atom stereocenters. The molecule has 68 valence electrons. The van der Waals surface area contributed by atoms with Gasteiger partial charge in [0.2, 0.25) is 0 Å². The van der Waals surface area contributed by atoms with Crippen molar-refractivity contribution in [2.75, 3.05) is 0 Å². The van der Waals surface area contributed by atoms with Crippen LogP contribution in [0.25, 0.3) is 0 Å². The first-order valence-corrected chi connectivity index (χ1v) is 5.05. The Bertz CT molecular complexity index is 324. The van der Waals surface area contributed by atoms with Gasteiger partial charge in [0.25, 0.3) is 0 Å². The van der Waals surface area contributed by atoms with Crippen molar-refractivity contribution in [2.45, 2.75) is 17.7 Å². The molecule has 0 radical (unpaired) electrons. The lowest BCUT2D eigenvalue weighted by Crippen LogP contribution is -2.15. The van der Waals surface area contributed by atoms with Gasteiger partial charge in [-0.3, -0.25) is 0 Å². The number of halogens is 2. The van der Waals surface area contributed by atoms with E-state index in [1.807, 2.05) is 31.2 Å². The van der Waals surface area contributed by atoms with Crippen LogP contribution in [0.15, 0.2) is 24.3 Å². The van der Waals surface area contributed by atoms with E-state index in [2.05, 4.69) is 22.0 Å². The van der Waals surface area contributed by atoms with Crippen molar-refractivity contribution in [3.8, 4) is 6.07 Å². The number of nitrogens with zero attached hydrogens (tertiary/aromatic N) is 1. The molecule has 0 saturated carbocycles. The van der Waals surface area contributed by atoms with Crippen LogP contribution in [0, 0.1) is 11.3 Å². The Morgan fingerprint density at radius 1 is 1.46 bits per heavy atom. The van der Waals surface area contributed by atoms with E-state index in [1.165, 1.54) is 0 Å². The summed E-state index contributed by atoms with van der Waals surface area (Å²) >= 11 is 9.08. The number of rotatable bonds is 2. The molecule has 13 heavy (non-hydrogen) atoms. The first kappa shape index (κ1) is 10.6. The van der Waals surface area contributed by atoms with Crippen LogP contribution in [0.5, 0.6) is 0 Å². The van der Waals surface area contributed by atoms with Gasteiger partial charge in [0.1, 0.15) is 4.32 Å². The molecule has 0 aliphatic heterocycles. The summed E-state index contributed by atoms with van der Waals surface area (Å²) in [4.78, 5) is 0. The third-order valence-electron chi connectivity index (χ3n) is 1.68. The Hall–Kier alpha value is -0.520. The maximum absolute atomic E-state index is 8.79. The quantitative estimate of drug-likeness (QED) is 0.744. The van der Waals surface area contributed by atoms with Crippen molar-refractivity contribution < 1.29 is 0 Å². The highest BCUT2D eigenvalue weighted by atomic mass is 79.9. The van der Waals surface area contributed by atoms with Gasteiger partial charge in [-0.1, -0.05) is 39.7 Å². The molecule has 1 aromatic rings. The number of hydrogen-bond acceptors (Lipinski definition) is 1. The summed E-state index contributed by atoms with van der Waals surface area (Å²) in [6.07, 6.45) is 0.681. The maximum Gasteiger partial charge on any atom is 0.113 e. The first-order valence-electron chi connectivity index (χ1n) is 3.88. The molecule has 0 aliphatic carbocycles. The molecule has 0 amide bonds. The van der Waals surface area contributed by atoms with Gasteiger partial charge in [-0.2, -0.15) is 5.26 Å². The highest BCUT2D eigenvalue weighted by Crippen LogP contribution is 2.22. The third-order valence-corrected chi connectivity index (χ3v) is 2.39. The molecular weight excluding hydrogens is 249 g/mol. The van der Waals surface area contributed by atoms with Crippen molar-refractivity contribution in [1.82, 2.24) is 0 Å². The van der Waals surface area contributed by atoms with E-state index in [0.29, 0.717) is 6.42 Å². The fraction of sp³-hybridized carbons (Fsp3) is 0.300. The SMILES string of the molecule is CC(Br)(C#N)Cc1ccc(Cl)cc1. The van der Waals surface area contributed by atoms with Gasteiger partial charge in [-0.05, 0) is 24.6 Å². The summed E-state index contributed by atoms with van der Waals surface area (Å²) in [6, 6.07) is 9.71. The Morgan fingerprint density at radius 2 is 2.00 bits per heavy atom. The van der Waals surface area contributed by atoms with Crippen LogP contribution in [-0.4, -0.2) is 4.32 Å². The van der Waals surface area contributed by atoms with E-state index < -0.39 is 4.32 Å². The zero-order valence-electron chi connectivity index (χ0n) is 7.22. The van der Waals surface area contributed by atoms with Gasteiger partial charge < -0.3 is 0 Å². The summed E-state index contributed by atoms with van der Waals surface area (Å²) in [5, 5.41) is 9.51. The molecule has 1 unspecified atom stereocenters. The predicted octanol–water partition coefficient (Wildman–Crippen LogP) is 3.56. The van der Waals surface area contributed by atoms with E-state index in [-0.39, 0.29) is 0 Å². The van der Waals surface area contributed by atoms with Crippen LogP contribution >= 0.6 is 27.5 Å². The average Bonchev–Trinajstić information content (AvgIpc) is 2.09. The molecule has 0 spiro atoms. The molecule has 0 fully saturated rings. The highest BCUT2D eigenvalue weighted by Gasteiger charge is 2.19. The normalized spacial score (nSPS) is 14.6.